The Morgan fingerprint density at radius 1 is 0.875 bits per heavy atom. The van der Waals surface area contributed by atoms with Gasteiger partial charge in [0.2, 0.25) is 21.8 Å². The number of nitrogens with zero attached hydrogens (tertiary/aromatic N) is 2. The molecule has 0 saturated heterocycles. The lowest BCUT2D eigenvalue weighted by Crippen LogP contribution is -2.50. The molecule has 0 aromatic heterocycles. The molecule has 214 valence electrons. The number of anilines is 1. The Bertz CT molecular complexity index is 1360. The van der Waals surface area contributed by atoms with Crippen LogP contribution in [-0.2, 0) is 32.6 Å². The number of hydrogen-bond acceptors (Lipinski definition) is 4. The van der Waals surface area contributed by atoms with Gasteiger partial charge in [0.05, 0.1) is 11.9 Å². The lowest BCUT2D eigenvalue weighted by atomic mass is 10.0. The van der Waals surface area contributed by atoms with E-state index in [4.69, 9.17) is 0 Å². The molecular formula is C32H41N3O4S. The maximum Gasteiger partial charge on any atom is 0.243 e. The Kier molecular flexibility index (Phi) is 11.3. The molecule has 0 saturated carbocycles. The molecular weight excluding hydrogens is 522 g/mol. The molecule has 40 heavy (non-hydrogen) atoms. The summed E-state index contributed by atoms with van der Waals surface area (Å²) in [6, 6.07) is 24.1. The lowest BCUT2D eigenvalue weighted by Gasteiger charge is -2.32. The zero-order chi connectivity index (χ0) is 29.1. The van der Waals surface area contributed by atoms with Crippen molar-refractivity contribution in [1.82, 2.24) is 10.2 Å². The average Bonchev–Trinajstić information content (AvgIpc) is 2.93. The zero-order valence-electron chi connectivity index (χ0n) is 24.0. The SMILES string of the molecule is CCCNC(=O)[C@H](Cc1ccccc1)N(Cc1ccccc1)C(=O)CCCN(c1ccc(C)c(C)c1)S(C)(=O)=O. The van der Waals surface area contributed by atoms with Gasteiger partial charge in [0.15, 0.2) is 0 Å². The van der Waals surface area contributed by atoms with Crippen molar-refractivity contribution in [3.63, 3.8) is 0 Å². The normalized spacial score (nSPS) is 12.0. The van der Waals surface area contributed by atoms with Crippen LogP contribution in [0.15, 0.2) is 78.9 Å². The number of nitrogens with one attached hydrogen (secondary N) is 1. The van der Waals surface area contributed by atoms with Gasteiger partial charge in [-0.1, -0.05) is 73.7 Å². The third-order valence-corrected chi connectivity index (χ3v) is 8.14. The summed E-state index contributed by atoms with van der Waals surface area (Å²) in [7, 11) is -3.55. The predicted octanol–water partition coefficient (Wildman–Crippen LogP) is 5.02. The van der Waals surface area contributed by atoms with E-state index in [2.05, 4.69) is 5.32 Å². The van der Waals surface area contributed by atoms with Crippen molar-refractivity contribution in [2.75, 3.05) is 23.7 Å². The van der Waals surface area contributed by atoms with Crippen LogP contribution in [0.1, 0.15) is 48.4 Å². The first-order valence-corrected chi connectivity index (χ1v) is 15.6. The summed E-state index contributed by atoms with van der Waals surface area (Å²) < 4.78 is 26.7. The summed E-state index contributed by atoms with van der Waals surface area (Å²) in [6.45, 7) is 6.88. The van der Waals surface area contributed by atoms with Crippen molar-refractivity contribution in [2.45, 2.75) is 59.0 Å². The first-order chi connectivity index (χ1) is 19.1. The van der Waals surface area contributed by atoms with Gasteiger partial charge in [-0.2, -0.15) is 0 Å². The topological polar surface area (TPSA) is 86.8 Å². The fourth-order valence-corrected chi connectivity index (χ4v) is 5.54. The van der Waals surface area contributed by atoms with Crippen LogP contribution in [0.3, 0.4) is 0 Å². The van der Waals surface area contributed by atoms with Gasteiger partial charge in [-0.15, -0.1) is 0 Å². The van der Waals surface area contributed by atoms with E-state index in [0.717, 1.165) is 28.7 Å². The maximum absolute atomic E-state index is 13.8. The van der Waals surface area contributed by atoms with E-state index in [-0.39, 0.29) is 31.3 Å². The largest absolute Gasteiger partial charge is 0.354 e. The highest BCUT2D eigenvalue weighted by Gasteiger charge is 2.30. The summed E-state index contributed by atoms with van der Waals surface area (Å²) in [5.41, 5.74) is 4.54. The van der Waals surface area contributed by atoms with Crippen LogP contribution < -0.4 is 9.62 Å². The van der Waals surface area contributed by atoms with Gasteiger partial charge in [-0.05, 0) is 61.1 Å². The molecule has 3 aromatic carbocycles. The van der Waals surface area contributed by atoms with Crippen molar-refractivity contribution in [3.05, 3.63) is 101 Å². The molecule has 7 nitrogen and oxygen atoms in total. The Morgan fingerprint density at radius 2 is 1.50 bits per heavy atom. The lowest BCUT2D eigenvalue weighted by molar-refractivity contribution is -0.141. The van der Waals surface area contributed by atoms with Crippen LogP contribution in [-0.4, -0.2) is 50.5 Å². The Morgan fingerprint density at radius 3 is 2.08 bits per heavy atom. The number of aryl methyl sites for hydroxylation is 2. The van der Waals surface area contributed by atoms with Crippen LogP contribution in [0.2, 0.25) is 0 Å². The van der Waals surface area contributed by atoms with E-state index in [0.29, 0.717) is 25.1 Å². The monoisotopic (exact) mass is 563 g/mol. The minimum atomic E-state index is -3.55. The van der Waals surface area contributed by atoms with E-state index >= 15 is 0 Å². The second-order valence-electron chi connectivity index (χ2n) is 10.2. The molecule has 0 fully saturated rings. The summed E-state index contributed by atoms with van der Waals surface area (Å²) in [6.07, 6.45) is 2.78. The molecule has 0 bridgehead atoms. The first kappa shape index (κ1) is 30.9. The summed E-state index contributed by atoms with van der Waals surface area (Å²) in [5.74, 6) is -0.382. The minimum absolute atomic E-state index is 0.107. The van der Waals surface area contributed by atoms with Gasteiger partial charge >= 0.3 is 0 Å². The molecule has 1 atom stereocenters. The standard InChI is InChI=1S/C32H41N3O4S/c1-5-20-33-32(37)30(23-27-13-8-6-9-14-27)34(24-28-15-10-7-11-16-28)31(36)17-12-21-35(40(4,38)39)29-19-18-25(2)26(3)22-29/h6-11,13-16,18-19,22,30H,5,12,17,20-21,23-24H2,1-4H3,(H,33,37)/t30-/m0/s1. The van der Waals surface area contributed by atoms with Gasteiger partial charge in [0, 0.05) is 32.5 Å². The number of rotatable bonds is 14. The zero-order valence-corrected chi connectivity index (χ0v) is 24.8. The number of carbonyl (C=O) groups excluding carboxylic acids is 2. The van der Waals surface area contributed by atoms with Gasteiger partial charge in [-0.25, -0.2) is 8.42 Å². The smallest absolute Gasteiger partial charge is 0.243 e. The van der Waals surface area contributed by atoms with Crippen LogP contribution in [0.4, 0.5) is 5.69 Å². The van der Waals surface area contributed by atoms with Crippen LogP contribution >= 0.6 is 0 Å². The molecule has 2 amide bonds. The van der Waals surface area contributed by atoms with Gasteiger partial charge < -0.3 is 10.2 Å². The molecule has 3 aromatic rings. The highest BCUT2D eigenvalue weighted by Crippen LogP contribution is 2.23. The van der Waals surface area contributed by atoms with Crippen molar-refractivity contribution in [2.24, 2.45) is 0 Å². The fraction of sp³-hybridized carbons (Fsp3) is 0.375. The van der Waals surface area contributed by atoms with Gasteiger partial charge in [0.1, 0.15) is 6.04 Å². The highest BCUT2D eigenvalue weighted by atomic mass is 32.2. The summed E-state index contributed by atoms with van der Waals surface area (Å²) in [4.78, 5) is 28.9. The third-order valence-electron chi connectivity index (χ3n) is 6.95. The molecule has 0 aliphatic carbocycles. The summed E-state index contributed by atoms with van der Waals surface area (Å²) >= 11 is 0. The highest BCUT2D eigenvalue weighted by molar-refractivity contribution is 7.92. The average molecular weight is 564 g/mol. The maximum atomic E-state index is 13.8. The van der Waals surface area contributed by atoms with Gasteiger partial charge in [0.25, 0.3) is 0 Å². The predicted molar refractivity (Wildman–Crippen MR) is 162 cm³/mol. The van der Waals surface area contributed by atoms with Crippen LogP contribution in [0, 0.1) is 13.8 Å². The molecule has 0 aliphatic rings. The van der Waals surface area contributed by atoms with Crippen molar-refractivity contribution < 1.29 is 18.0 Å². The molecule has 0 spiro atoms. The molecule has 0 unspecified atom stereocenters. The number of sulfonamides is 1. The van der Waals surface area contributed by atoms with Crippen LogP contribution in [0.25, 0.3) is 0 Å². The quantitative estimate of drug-likeness (QED) is 0.299. The molecule has 0 aliphatic heterocycles. The number of benzene rings is 3. The summed E-state index contributed by atoms with van der Waals surface area (Å²) in [5, 5.41) is 2.98. The van der Waals surface area contributed by atoms with Crippen molar-refractivity contribution >= 4 is 27.5 Å². The van der Waals surface area contributed by atoms with E-state index in [1.807, 2.05) is 93.6 Å². The Balaban J connectivity index is 1.85. The molecule has 1 N–H and O–H groups in total. The second-order valence-corrected chi connectivity index (χ2v) is 12.1. The van der Waals surface area contributed by atoms with Crippen molar-refractivity contribution in [1.29, 1.82) is 0 Å². The number of hydrogen-bond donors (Lipinski definition) is 1. The molecule has 3 rings (SSSR count). The first-order valence-electron chi connectivity index (χ1n) is 13.8. The van der Waals surface area contributed by atoms with E-state index in [1.165, 1.54) is 10.6 Å². The Hall–Kier alpha value is -3.65. The minimum Gasteiger partial charge on any atom is -0.354 e. The number of amides is 2. The Labute approximate surface area is 239 Å². The molecule has 8 heteroatoms. The van der Waals surface area contributed by atoms with Gasteiger partial charge in [-0.3, -0.25) is 13.9 Å². The third kappa shape index (κ3) is 8.95. The number of carbonyl (C=O) groups is 2. The van der Waals surface area contributed by atoms with Crippen molar-refractivity contribution in [3.8, 4) is 0 Å². The second kappa shape index (κ2) is 14.7. The molecule has 0 heterocycles. The van der Waals surface area contributed by atoms with Crippen LogP contribution in [0.5, 0.6) is 0 Å². The van der Waals surface area contributed by atoms with E-state index < -0.39 is 16.1 Å². The molecule has 0 radical (unpaired) electrons. The fourth-order valence-electron chi connectivity index (χ4n) is 4.58. The van der Waals surface area contributed by atoms with E-state index in [1.54, 1.807) is 11.0 Å². The van der Waals surface area contributed by atoms with E-state index in [9.17, 15) is 18.0 Å².